The van der Waals surface area contributed by atoms with Gasteiger partial charge in [0.05, 0.1) is 6.04 Å². The lowest BCUT2D eigenvalue weighted by Crippen LogP contribution is -2.40. The van der Waals surface area contributed by atoms with Gasteiger partial charge < -0.3 is 9.73 Å². The fourth-order valence-electron chi connectivity index (χ4n) is 4.16. The average Bonchev–Trinajstić information content (AvgIpc) is 3.06. The number of hydrogen-bond donors (Lipinski definition) is 1. The van der Waals surface area contributed by atoms with Crippen molar-refractivity contribution in [3.05, 3.63) is 69.9 Å². The van der Waals surface area contributed by atoms with Crippen LogP contribution >= 0.6 is 11.6 Å². The van der Waals surface area contributed by atoms with Crippen LogP contribution < -0.4 is 5.32 Å². The van der Waals surface area contributed by atoms with Gasteiger partial charge in [-0.1, -0.05) is 47.9 Å². The number of rotatable bonds is 5. The Morgan fingerprint density at radius 2 is 1.83 bits per heavy atom. The van der Waals surface area contributed by atoms with Crippen molar-refractivity contribution < 1.29 is 9.21 Å². The molecular formula is C24H27ClN2O2. The number of amides is 1. The molecule has 1 atom stereocenters. The first-order valence-corrected chi connectivity index (χ1v) is 10.7. The van der Waals surface area contributed by atoms with E-state index in [0.717, 1.165) is 24.0 Å². The van der Waals surface area contributed by atoms with Gasteiger partial charge in [0.25, 0.3) is 5.91 Å². The molecule has 1 unspecified atom stereocenters. The molecule has 4 nitrogen and oxygen atoms in total. The van der Waals surface area contributed by atoms with Crippen LogP contribution in [0, 0.1) is 13.8 Å². The number of hydrogen-bond acceptors (Lipinski definition) is 3. The van der Waals surface area contributed by atoms with Gasteiger partial charge in [-0.05, 0) is 63.5 Å². The molecule has 1 N–H and O–H groups in total. The second kappa shape index (κ2) is 8.60. The molecule has 0 aliphatic carbocycles. The molecule has 29 heavy (non-hydrogen) atoms. The van der Waals surface area contributed by atoms with Gasteiger partial charge in [-0.3, -0.25) is 9.69 Å². The molecule has 4 rings (SSSR count). The minimum absolute atomic E-state index is 0.166. The Morgan fingerprint density at radius 1 is 1.10 bits per heavy atom. The molecule has 3 aromatic rings. The number of fused-ring (bicyclic) bond motifs is 1. The van der Waals surface area contributed by atoms with E-state index in [1.807, 2.05) is 19.1 Å². The number of aryl methyl sites for hydroxylation is 2. The summed E-state index contributed by atoms with van der Waals surface area (Å²) < 4.78 is 5.83. The third kappa shape index (κ3) is 4.34. The molecule has 1 aliphatic heterocycles. The predicted octanol–water partition coefficient (Wildman–Crippen LogP) is 5.66. The third-order valence-electron chi connectivity index (χ3n) is 5.85. The SMILES string of the molecule is Cc1ccc(C(CNC(=O)c2oc3ccc(Cl)cc3c2C)N2CCCCC2)cc1. The second-order valence-corrected chi connectivity index (χ2v) is 8.37. The van der Waals surface area contributed by atoms with E-state index in [-0.39, 0.29) is 11.9 Å². The van der Waals surface area contributed by atoms with Gasteiger partial charge in [0.1, 0.15) is 5.58 Å². The van der Waals surface area contributed by atoms with Crippen molar-refractivity contribution in [2.45, 2.75) is 39.2 Å². The summed E-state index contributed by atoms with van der Waals surface area (Å²) >= 11 is 6.10. The fraction of sp³-hybridized carbons (Fsp3) is 0.375. The number of halogens is 1. The lowest BCUT2D eigenvalue weighted by molar-refractivity contribution is 0.0898. The van der Waals surface area contributed by atoms with Crippen LogP contribution in [0.15, 0.2) is 46.9 Å². The molecule has 0 spiro atoms. The van der Waals surface area contributed by atoms with E-state index < -0.39 is 0 Å². The highest BCUT2D eigenvalue weighted by Crippen LogP contribution is 2.28. The smallest absolute Gasteiger partial charge is 0.287 e. The van der Waals surface area contributed by atoms with Crippen LogP contribution in [0.1, 0.15) is 52.5 Å². The second-order valence-electron chi connectivity index (χ2n) is 7.93. The first kappa shape index (κ1) is 20.0. The van der Waals surface area contributed by atoms with Crippen molar-refractivity contribution in [3.8, 4) is 0 Å². The summed E-state index contributed by atoms with van der Waals surface area (Å²) in [5.41, 5.74) is 3.99. The zero-order chi connectivity index (χ0) is 20.4. The lowest BCUT2D eigenvalue weighted by Gasteiger charge is -2.35. The number of carbonyl (C=O) groups is 1. The molecule has 0 bridgehead atoms. The Labute approximate surface area is 176 Å². The van der Waals surface area contributed by atoms with Gasteiger partial charge >= 0.3 is 0 Å². The number of carbonyl (C=O) groups excluding carboxylic acids is 1. The maximum Gasteiger partial charge on any atom is 0.287 e. The quantitative estimate of drug-likeness (QED) is 0.590. The minimum Gasteiger partial charge on any atom is -0.451 e. The molecule has 0 saturated carbocycles. The highest BCUT2D eigenvalue weighted by molar-refractivity contribution is 6.31. The van der Waals surface area contributed by atoms with Crippen molar-refractivity contribution in [1.29, 1.82) is 0 Å². The van der Waals surface area contributed by atoms with Crippen LogP contribution in [0.2, 0.25) is 5.02 Å². The minimum atomic E-state index is -0.177. The maximum absolute atomic E-state index is 12.9. The Bertz CT molecular complexity index is 1000. The maximum atomic E-state index is 12.9. The predicted molar refractivity (Wildman–Crippen MR) is 118 cm³/mol. The number of likely N-dealkylation sites (tertiary alicyclic amines) is 1. The Hall–Kier alpha value is -2.30. The summed E-state index contributed by atoms with van der Waals surface area (Å²) in [6.07, 6.45) is 3.70. The van der Waals surface area contributed by atoms with Gasteiger partial charge in [0.15, 0.2) is 5.76 Å². The van der Waals surface area contributed by atoms with E-state index in [0.29, 0.717) is 22.9 Å². The van der Waals surface area contributed by atoms with Crippen LogP contribution in [-0.2, 0) is 0 Å². The van der Waals surface area contributed by atoms with Crippen LogP contribution in [-0.4, -0.2) is 30.4 Å². The van der Waals surface area contributed by atoms with E-state index in [1.165, 1.54) is 30.4 Å². The van der Waals surface area contributed by atoms with Crippen LogP contribution in [0.25, 0.3) is 11.0 Å². The number of nitrogens with one attached hydrogen (secondary N) is 1. The van der Waals surface area contributed by atoms with Crippen molar-refractivity contribution in [2.24, 2.45) is 0 Å². The molecule has 1 aromatic heterocycles. The van der Waals surface area contributed by atoms with Crippen LogP contribution in [0.5, 0.6) is 0 Å². The summed E-state index contributed by atoms with van der Waals surface area (Å²) in [4.78, 5) is 15.4. The number of nitrogens with zero attached hydrogens (tertiary/aromatic N) is 1. The van der Waals surface area contributed by atoms with Gasteiger partial charge in [-0.25, -0.2) is 0 Å². The zero-order valence-corrected chi connectivity index (χ0v) is 17.8. The van der Waals surface area contributed by atoms with Gasteiger partial charge in [-0.2, -0.15) is 0 Å². The normalized spacial score (nSPS) is 16.1. The summed E-state index contributed by atoms with van der Waals surface area (Å²) in [5.74, 6) is 0.188. The van der Waals surface area contributed by atoms with Crippen molar-refractivity contribution in [1.82, 2.24) is 10.2 Å². The Kier molecular flexibility index (Phi) is 5.93. The summed E-state index contributed by atoms with van der Waals surface area (Å²) in [6, 6.07) is 14.2. The van der Waals surface area contributed by atoms with Crippen LogP contribution in [0.4, 0.5) is 0 Å². The van der Waals surface area contributed by atoms with Crippen molar-refractivity contribution in [2.75, 3.05) is 19.6 Å². The first-order valence-electron chi connectivity index (χ1n) is 10.3. The molecule has 5 heteroatoms. The molecule has 1 amide bonds. The van der Waals surface area contributed by atoms with Crippen molar-refractivity contribution in [3.63, 3.8) is 0 Å². The average molecular weight is 411 g/mol. The van der Waals surface area contributed by atoms with Gasteiger partial charge in [0, 0.05) is 22.5 Å². The zero-order valence-electron chi connectivity index (χ0n) is 17.0. The standard InChI is InChI=1S/C24H27ClN2O2/c1-16-6-8-18(9-7-16)21(27-12-4-3-5-13-27)15-26-24(28)23-17(2)20-14-19(25)10-11-22(20)29-23/h6-11,14,21H,3-5,12-13,15H2,1-2H3,(H,26,28). The first-order chi connectivity index (χ1) is 14.0. The molecule has 1 saturated heterocycles. The molecule has 1 aliphatic rings. The lowest BCUT2D eigenvalue weighted by atomic mass is 10.0. The molecule has 2 heterocycles. The monoisotopic (exact) mass is 410 g/mol. The number of benzene rings is 2. The van der Waals surface area contributed by atoms with E-state index in [2.05, 4.69) is 41.4 Å². The topological polar surface area (TPSA) is 45.5 Å². The van der Waals surface area contributed by atoms with E-state index in [9.17, 15) is 4.79 Å². The summed E-state index contributed by atoms with van der Waals surface area (Å²) in [6.45, 7) is 6.68. The molecule has 0 radical (unpaired) electrons. The highest BCUT2D eigenvalue weighted by atomic mass is 35.5. The summed E-state index contributed by atoms with van der Waals surface area (Å²) in [7, 11) is 0. The van der Waals surface area contributed by atoms with E-state index in [1.54, 1.807) is 6.07 Å². The summed E-state index contributed by atoms with van der Waals surface area (Å²) in [5, 5.41) is 4.64. The number of piperidine rings is 1. The van der Waals surface area contributed by atoms with Gasteiger partial charge in [-0.15, -0.1) is 0 Å². The van der Waals surface area contributed by atoms with Gasteiger partial charge in [0.2, 0.25) is 0 Å². The Balaban J connectivity index is 1.54. The van der Waals surface area contributed by atoms with E-state index in [4.69, 9.17) is 16.0 Å². The number of furan rings is 1. The molecule has 1 fully saturated rings. The Morgan fingerprint density at radius 3 is 2.55 bits per heavy atom. The van der Waals surface area contributed by atoms with Crippen LogP contribution in [0.3, 0.4) is 0 Å². The van der Waals surface area contributed by atoms with Crippen molar-refractivity contribution >= 4 is 28.5 Å². The third-order valence-corrected chi connectivity index (χ3v) is 6.09. The molecular weight excluding hydrogens is 384 g/mol. The molecule has 152 valence electrons. The largest absolute Gasteiger partial charge is 0.451 e. The highest BCUT2D eigenvalue weighted by Gasteiger charge is 2.24. The van der Waals surface area contributed by atoms with E-state index >= 15 is 0 Å². The molecule has 2 aromatic carbocycles. The fourth-order valence-corrected chi connectivity index (χ4v) is 4.33.